The molecule has 1 aromatic heterocycles. The molecule has 1 aromatic carbocycles. The van der Waals surface area contributed by atoms with Gasteiger partial charge in [-0.05, 0) is 48.0 Å². The summed E-state index contributed by atoms with van der Waals surface area (Å²) < 4.78 is 12.6. The Hall–Kier alpha value is -1.41. The van der Waals surface area contributed by atoms with Crippen LogP contribution in [0.1, 0.15) is 13.8 Å². The Morgan fingerprint density at radius 1 is 1.10 bits per heavy atom. The van der Waals surface area contributed by atoms with Crippen LogP contribution in [0.5, 0.6) is 17.8 Å². The van der Waals surface area contributed by atoms with Crippen LogP contribution >= 0.6 is 31.9 Å². The molecule has 8 heteroatoms. The Morgan fingerprint density at radius 3 is 2.45 bits per heavy atom. The van der Waals surface area contributed by atoms with Crippen molar-refractivity contribution in [2.24, 2.45) is 0 Å². The van der Waals surface area contributed by atoms with Gasteiger partial charge >= 0.3 is 12.0 Å². The minimum absolute atomic E-state index is 0.0406. The first-order valence-electron chi connectivity index (χ1n) is 5.75. The second-order valence-corrected chi connectivity index (χ2v) is 5.87. The van der Waals surface area contributed by atoms with Gasteiger partial charge in [0.2, 0.25) is 5.95 Å². The van der Waals surface area contributed by atoms with E-state index in [0.29, 0.717) is 5.75 Å². The lowest BCUT2D eigenvalue weighted by Crippen LogP contribution is -2.11. The van der Waals surface area contributed by atoms with E-state index in [1.165, 1.54) is 0 Å². The molecule has 1 heterocycles. The standard InChI is InChI=1S/C12H12Br2N4O2/c1-6(2)19-11-16-10(15)17-12(18-11)20-9-4-3-7(13)5-8(9)14/h3-6H,1-2H3,(H2,15,16,17,18). The lowest BCUT2D eigenvalue weighted by molar-refractivity contribution is 0.219. The molecule has 106 valence electrons. The molecule has 6 nitrogen and oxygen atoms in total. The van der Waals surface area contributed by atoms with Crippen molar-refractivity contribution in [1.82, 2.24) is 15.0 Å². The van der Waals surface area contributed by atoms with E-state index < -0.39 is 0 Å². The molecule has 2 rings (SSSR count). The van der Waals surface area contributed by atoms with Crippen LogP contribution in [-0.4, -0.2) is 21.1 Å². The fraction of sp³-hybridized carbons (Fsp3) is 0.250. The molecule has 0 unspecified atom stereocenters. The fourth-order valence-electron chi connectivity index (χ4n) is 1.32. The molecule has 0 aliphatic heterocycles. The predicted octanol–water partition coefficient (Wildman–Crippen LogP) is 3.56. The molecule has 0 amide bonds. The van der Waals surface area contributed by atoms with Crippen LogP contribution in [0.3, 0.4) is 0 Å². The zero-order chi connectivity index (χ0) is 14.7. The number of nitrogens with zero attached hydrogens (tertiary/aromatic N) is 3. The van der Waals surface area contributed by atoms with E-state index in [1.54, 1.807) is 6.07 Å². The summed E-state index contributed by atoms with van der Waals surface area (Å²) in [6.45, 7) is 3.73. The Morgan fingerprint density at radius 2 is 1.80 bits per heavy atom. The highest BCUT2D eigenvalue weighted by molar-refractivity contribution is 9.11. The van der Waals surface area contributed by atoms with Crippen molar-refractivity contribution < 1.29 is 9.47 Å². The van der Waals surface area contributed by atoms with Crippen molar-refractivity contribution in [1.29, 1.82) is 0 Å². The maximum atomic E-state index is 5.61. The number of nitrogen functional groups attached to an aromatic ring is 1. The van der Waals surface area contributed by atoms with E-state index in [0.717, 1.165) is 8.95 Å². The van der Waals surface area contributed by atoms with Crippen LogP contribution in [0.4, 0.5) is 5.95 Å². The van der Waals surface area contributed by atoms with Gasteiger partial charge in [0.1, 0.15) is 5.75 Å². The van der Waals surface area contributed by atoms with E-state index >= 15 is 0 Å². The number of hydrogen-bond donors (Lipinski definition) is 1. The monoisotopic (exact) mass is 402 g/mol. The lowest BCUT2D eigenvalue weighted by atomic mass is 10.3. The number of anilines is 1. The zero-order valence-corrected chi connectivity index (χ0v) is 14.0. The van der Waals surface area contributed by atoms with Crippen molar-refractivity contribution in [3.8, 4) is 17.8 Å². The van der Waals surface area contributed by atoms with Gasteiger partial charge in [-0.1, -0.05) is 15.9 Å². The minimum atomic E-state index is -0.0657. The first-order chi connectivity index (χ1) is 9.44. The molecule has 0 bridgehead atoms. The number of rotatable bonds is 4. The molecular formula is C12H12Br2N4O2. The molecule has 2 aromatic rings. The highest BCUT2D eigenvalue weighted by atomic mass is 79.9. The van der Waals surface area contributed by atoms with Crippen LogP contribution in [0, 0.1) is 0 Å². The van der Waals surface area contributed by atoms with E-state index in [2.05, 4.69) is 46.8 Å². The summed E-state index contributed by atoms with van der Waals surface area (Å²) in [5.74, 6) is 0.605. The predicted molar refractivity (Wildman–Crippen MR) is 81.9 cm³/mol. The highest BCUT2D eigenvalue weighted by Crippen LogP contribution is 2.31. The summed E-state index contributed by atoms with van der Waals surface area (Å²) in [5.41, 5.74) is 5.61. The van der Waals surface area contributed by atoms with Gasteiger partial charge in [0.15, 0.2) is 0 Å². The largest absolute Gasteiger partial charge is 0.461 e. The Bertz CT molecular complexity index is 622. The topological polar surface area (TPSA) is 83.2 Å². The van der Waals surface area contributed by atoms with Gasteiger partial charge in [-0.3, -0.25) is 0 Å². The molecule has 0 aliphatic rings. The Kier molecular flexibility index (Phi) is 4.77. The first-order valence-corrected chi connectivity index (χ1v) is 7.34. The third-order valence-electron chi connectivity index (χ3n) is 2.05. The molecule has 0 aliphatic carbocycles. The van der Waals surface area contributed by atoms with Gasteiger partial charge in [-0.25, -0.2) is 0 Å². The van der Waals surface area contributed by atoms with Crippen molar-refractivity contribution in [3.63, 3.8) is 0 Å². The first kappa shape index (κ1) is 15.0. The van der Waals surface area contributed by atoms with Gasteiger partial charge in [-0.15, -0.1) is 4.98 Å². The van der Waals surface area contributed by atoms with Crippen molar-refractivity contribution in [2.45, 2.75) is 20.0 Å². The molecule has 0 saturated heterocycles. The molecule has 2 N–H and O–H groups in total. The SMILES string of the molecule is CC(C)Oc1nc(N)nc(Oc2ccc(Br)cc2Br)n1. The average molecular weight is 404 g/mol. The molecule has 0 radical (unpaired) electrons. The van der Waals surface area contributed by atoms with Gasteiger partial charge < -0.3 is 15.2 Å². The molecule has 0 atom stereocenters. The molecular weight excluding hydrogens is 392 g/mol. The van der Waals surface area contributed by atoms with Crippen LogP contribution in [0.2, 0.25) is 0 Å². The second-order valence-electron chi connectivity index (χ2n) is 4.10. The van der Waals surface area contributed by atoms with Crippen LogP contribution in [0.25, 0.3) is 0 Å². The average Bonchev–Trinajstić information content (AvgIpc) is 2.31. The van der Waals surface area contributed by atoms with E-state index in [-0.39, 0.29) is 24.1 Å². The summed E-state index contributed by atoms with van der Waals surface area (Å²) in [6, 6.07) is 5.69. The number of aromatic nitrogens is 3. The zero-order valence-electron chi connectivity index (χ0n) is 10.8. The summed E-state index contributed by atoms with van der Waals surface area (Å²) in [4.78, 5) is 11.9. The van der Waals surface area contributed by atoms with Gasteiger partial charge in [0.25, 0.3) is 0 Å². The van der Waals surface area contributed by atoms with Gasteiger partial charge in [0.05, 0.1) is 10.6 Å². The maximum Gasteiger partial charge on any atom is 0.330 e. The number of nitrogens with two attached hydrogens (primary N) is 1. The van der Waals surface area contributed by atoms with E-state index in [4.69, 9.17) is 15.2 Å². The number of benzene rings is 1. The van der Waals surface area contributed by atoms with Crippen molar-refractivity contribution >= 4 is 37.8 Å². The summed E-state index contributed by atoms with van der Waals surface area (Å²) in [7, 11) is 0. The third kappa shape index (κ3) is 4.04. The minimum Gasteiger partial charge on any atom is -0.461 e. The molecule has 20 heavy (non-hydrogen) atoms. The van der Waals surface area contributed by atoms with Crippen molar-refractivity contribution in [3.05, 3.63) is 27.1 Å². The van der Waals surface area contributed by atoms with Crippen LogP contribution in [0.15, 0.2) is 27.1 Å². The van der Waals surface area contributed by atoms with Crippen LogP contribution in [-0.2, 0) is 0 Å². The van der Waals surface area contributed by atoms with Gasteiger partial charge in [-0.2, -0.15) is 9.97 Å². The third-order valence-corrected chi connectivity index (χ3v) is 3.16. The van der Waals surface area contributed by atoms with Crippen molar-refractivity contribution in [2.75, 3.05) is 5.73 Å². The molecule has 0 fully saturated rings. The number of hydrogen-bond acceptors (Lipinski definition) is 6. The highest BCUT2D eigenvalue weighted by Gasteiger charge is 2.11. The molecule has 0 saturated carbocycles. The fourth-order valence-corrected chi connectivity index (χ4v) is 2.45. The summed E-state index contributed by atoms with van der Waals surface area (Å²) >= 11 is 6.76. The maximum absolute atomic E-state index is 5.61. The second kappa shape index (κ2) is 6.36. The Labute approximate surface area is 133 Å². The summed E-state index contributed by atoms with van der Waals surface area (Å²) in [5, 5.41) is 0. The van der Waals surface area contributed by atoms with E-state index in [9.17, 15) is 0 Å². The quantitative estimate of drug-likeness (QED) is 0.840. The number of ether oxygens (including phenoxy) is 2. The smallest absolute Gasteiger partial charge is 0.330 e. The lowest BCUT2D eigenvalue weighted by Gasteiger charge is -2.10. The normalized spacial score (nSPS) is 10.7. The molecule has 0 spiro atoms. The Balaban J connectivity index is 2.26. The van der Waals surface area contributed by atoms with E-state index in [1.807, 2.05) is 26.0 Å². The van der Waals surface area contributed by atoms with Gasteiger partial charge in [0, 0.05) is 4.47 Å². The van der Waals surface area contributed by atoms with Crippen LogP contribution < -0.4 is 15.2 Å². The summed E-state index contributed by atoms with van der Waals surface area (Å²) in [6.07, 6.45) is -0.0657. The number of halogens is 2.